The van der Waals surface area contributed by atoms with Gasteiger partial charge >= 0.3 is 5.97 Å². The van der Waals surface area contributed by atoms with E-state index in [1.165, 1.54) is 18.1 Å². The van der Waals surface area contributed by atoms with E-state index in [1.54, 1.807) is 66.9 Å². The minimum Gasteiger partial charge on any atom is -0.507 e. The number of nitrogens with zero attached hydrogens (tertiary/aromatic N) is 2. The van der Waals surface area contributed by atoms with Gasteiger partial charge in [-0.15, -0.1) is 0 Å². The lowest BCUT2D eigenvalue weighted by Gasteiger charge is -2.25. The molecule has 1 fully saturated rings. The summed E-state index contributed by atoms with van der Waals surface area (Å²) in [6, 6.07) is 16.9. The molecule has 1 saturated heterocycles. The molecule has 2 aromatic carbocycles. The van der Waals surface area contributed by atoms with E-state index in [2.05, 4.69) is 4.98 Å². The summed E-state index contributed by atoms with van der Waals surface area (Å²) in [6.45, 7) is 2.15. The minimum atomic E-state index is -1.01. The second kappa shape index (κ2) is 10.2. The predicted octanol–water partition coefficient (Wildman–Crippen LogP) is 4.28. The number of aromatic nitrogens is 1. The number of Topliss-reactive ketones (excluding diaryl/α,β-unsaturated/α-hetero) is 1. The van der Waals surface area contributed by atoms with E-state index in [9.17, 15) is 19.5 Å². The van der Waals surface area contributed by atoms with Gasteiger partial charge in [0.05, 0.1) is 30.5 Å². The molecule has 35 heavy (non-hydrogen) atoms. The number of hydrogen-bond donors (Lipinski definition) is 1. The molecule has 1 amide bonds. The lowest BCUT2D eigenvalue weighted by molar-refractivity contribution is -0.132. The maximum absolute atomic E-state index is 13.3. The fourth-order valence-electron chi connectivity index (χ4n) is 3.90. The molecule has 0 spiro atoms. The number of esters is 1. The summed E-state index contributed by atoms with van der Waals surface area (Å²) in [5.74, 6) is -2.10. The van der Waals surface area contributed by atoms with Gasteiger partial charge in [-0.3, -0.25) is 19.5 Å². The molecule has 1 aliphatic rings. The van der Waals surface area contributed by atoms with Gasteiger partial charge in [-0.2, -0.15) is 0 Å². The molecule has 0 radical (unpaired) electrons. The Balaban J connectivity index is 1.86. The van der Waals surface area contributed by atoms with Crippen molar-refractivity contribution in [1.82, 2.24) is 4.98 Å². The molecule has 0 saturated carbocycles. The van der Waals surface area contributed by atoms with Crippen molar-refractivity contribution in [3.63, 3.8) is 0 Å². The number of pyridine rings is 1. The normalized spacial score (nSPS) is 16.9. The van der Waals surface area contributed by atoms with Crippen LogP contribution in [0.4, 0.5) is 5.69 Å². The first-order valence-corrected chi connectivity index (χ1v) is 11.1. The van der Waals surface area contributed by atoms with Crippen molar-refractivity contribution in [2.45, 2.75) is 19.4 Å². The van der Waals surface area contributed by atoms with Gasteiger partial charge in [0.15, 0.2) is 0 Å². The van der Waals surface area contributed by atoms with Crippen LogP contribution >= 0.6 is 0 Å². The first-order chi connectivity index (χ1) is 17.0. The van der Waals surface area contributed by atoms with Crippen LogP contribution in [-0.2, 0) is 14.3 Å². The monoisotopic (exact) mass is 472 g/mol. The van der Waals surface area contributed by atoms with E-state index in [0.717, 1.165) is 0 Å². The van der Waals surface area contributed by atoms with Crippen LogP contribution in [0.5, 0.6) is 5.75 Å². The molecule has 1 atom stereocenters. The standard InChI is InChI=1S/C27H24N2O6/c1-3-14-35-27(33)18-9-6-10-19(15-18)29-23(21-12-4-5-13-28-21)22(25(31)26(29)32)24(30)17-8-7-11-20(16-17)34-2/h4-13,15-16,23,30H,3,14H2,1-2H3/b24-22+. The van der Waals surface area contributed by atoms with Crippen molar-refractivity contribution >= 4 is 29.1 Å². The van der Waals surface area contributed by atoms with Crippen molar-refractivity contribution in [3.8, 4) is 5.75 Å². The third kappa shape index (κ3) is 4.63. The maximum Gasteiger partial charge on any atom is 0.338 e. The Bertz CT molecular complexity index is 1300. The number of aliphatic hydroxyl groups excluding tert-OH is 1. The van der Waals surface area contributed by atoms with E-state index in [4.69, 9.17) is 9.47 Å². The number of carbonyl (C=O) groups excluding carboxylic acids is 3. The second-order valence-corrected chi connectivity index (χ2v) is 7.84. The molecule has 8 heteroatoms. The highest BCUT2D eigenvalue weighted by Crippen LogP contribution is 2.41. The molecule has 3 aromatic rings. The molecule has 0 bridgehead atoms. The molecular formula is C27H24N2O6. The molecule has 4 rings (SSSR count). The van der Waals surface area contributed by atoms with Gasteiger partial charge in [0.1, 0.15) is 17.6 Å². The number of ketones is 1. The van der Waals surface area contributed by atoms with Crippen molar-refractivity contribution in [1.29, 1.82) is 0 Å². The van der Waals surface area contributed by atoms with Crippen LogP contribution in [0.3, 0.4) is 0 Å². The minimum absolute atomic E-state index is 0.110. The van der Waals surface area contributed by atoms with Crippen LogP contribution < -0.4 is 9.64 Å². The fraction of sp³-hybridized carbons (Fsp3) is 0.185. The third-order valence-electron chi connectivity index (χ3n) is 5.55. The Hall–Kier alpha value is -4.46. The predicted molar refractivity (Wildman–Crippen MR) is 129 cm³/mol. The van der Waals surface area contributed by atoms with Crippen molar-refractivity contribution in [3.05, 3.63) is 95.3 Å². The molecule has 2 heterocycles. The molecule has 0 aliphatic carbocycles. The number of rotatable bonds is 7. The Kier molecular flexibility index (Phi) is 6.91. The van der Waals surface area contributed by atoms with Crippen molar-refractivity contribution < 1.29 is 29.0 Å². The fourth-order valence-corrected chi connectivity index (χ4v) is 3.90. The van der Waals surface area contributed by atoms with Crippen molar-refractivity contribution in [2.75, 3.05) is 18.6 Å². The first-order valence-electron chi connectivity index (χ1n) is 11.1. The lowest BCUT2D eigenvalue weighted by atomic mass is 9.98. The molecule has 1 unspecified atom stereocenters. The van der Waals surface area contributed by atoms with Crippen LogP contribution in [0.15, 0.2) is 78.5 Å². The number of methoxy groups -OCH3 is 1. The zero-order chi connectivity index (χ0) is 24.9. The zero-order valence-electron chi connectivity index (χ0n) is 19.3. The van der Waals surface area contributed by atoms with Crippen molar-refractivity contribution in [2.24, 2.45) is 0 Å². The number of anilines is 1. The van der Waals surface area contributed by atoms with Crippen LogP contribution in [0.25, 0.3) is 5.76 Å². The van der Waals surface area contributed by atoms with E-state index in [-0.39, 0.29) is 23.5 Å². The summed E-state index contributed by atoms with van der Waals surface area (Å²) in [4.78, 5) is 44.5. The topological polar surface area (TPSA) is 106 Å². The Labute approximate surface area is 202 Å². The third-order valence-corrected chi connectivity index (χ3v) is 5.55. The lowest BCUT2D eigenvalue weighted by Crippen LogP contribution is -2.30. The molecule has 1 aliphatic heterocycles. The average Bonchev–Trinajstić information content (AvgIpc) is 3.17. The Morgan fingerprint density at radius 2 is 1.80 bits per heavy atom. The van der Waals surface area contributed by atoms with Gasteiger partial charge in [0.25, 0.3) is 11.7 Å². The molecular weight excluding hydrogens is 448 g/mol. The number of carbonyl (C=O) groups is 3. The van der Waals surface area contributed by atoms with Gasteiger partial charge in [0, 0.05) is 17.4 Å². The number of ether oxygens (including phenoxy) is 2. The molecule has 1 N–H and O–H groups in total. The largest absolute Gasteiger partial charge is 0.507 e. The van der Waals surface area contributed by atoms with Gasteiger partial charge in [0.2, 0.25) is 0 Å². The van der Waals surface area contributed by atoms with Crippen LogP contribution in [0.1, 0.15) is 41.0 Å². The zero-order valence-corrected chi connectivity index (χ0v) is 19.3. The molecule has 178 valence electrons. The Morgan fingerprint density at radius 3 is 2.51 bits per heavy atom. The molecule has 8 nitrogen and oxygen atoms in total. The quantitative estimate of drug-likeness (QED) is 0.237. The highest BCUT2D eigenvalue weighted by atomic mass is 16.5. The van der Waals surface area contributed by atoms with Gasteiger partial charge in [-0.1, -0.05) is 31.2 Å². The maximum atomic E-state index is 13.3. The van der Waals surface area contributed by atoms with Gasteiger partial charge in [-0.25, -0.2) is 4.79 Å². The highest BCUT2D eigenvalue weighted by Gasteiger charge is 2.47. The number of amides is 1. The number of benzene rings is 2. The summed E-state index contributed by atoms with van der Waals surface area (Å²) < 4.78 is 10.4. The average molecular weight is 472 g/mol. The second-order valence-electron chi connectivity index (χ2n) is 7.84. The number of aliphatic hydroxyl groups is 1. The van der Waals surface area contributed by atoms with Crippen LogP contribution in [0, 0.1) is 0 Å². The summed E-state index contributed by atoms with van der Waals surface area (Å²) >= 11 is 0. The highest BCUT2D eigenvalue weighted by molar-refractivity contribution is 6.51. The van der Waals surface area contributed by atoms with Crippen LogP contribution in [-0.4, -0.2) is 41.5 Å². The van der Waals surface area contributed by atoms with E-state index in [0.29, 0.717) is 29.1 Å². The molecule has 1 aromatic heterocycles. The summed E-state index contributed by atoms with van der Waals surface area (Å²) in [7, 11) is 1.49. The van der Waals surface area contributed by atoms with E-state index < -0.39 is 23.7 Å². The Morgan fingerprint density at radius 1 is 1.03 bits per heavy atom. The summed E-state index contributed by atoms with van der Waals surface area (Å²) in [5, 5.41) is 11.2. The van der Waals surface area contributed by atoms with Crippen LogP contribution in [0.2, 0.25) is 0 Å². The van der Waals surface area contributed by atoms with Gasteiger partial charge < -0.3 is 14.6 Å². The SMILES string of the molecule is CCCOC(=O)c1cccc(N2C(=O)C(=O)/C(=C(/O)c3cccc(OC)c3)C2c2ccccn2)c1. The summed E-state index contributed by atoms with van der Waals surface area (Å²) in [6.07, 6.45) is 2.21. The summed E-state index contributed by atoms with van der Waals surface area (Å²) in [5.41, 5.74) is 1.14. The first kappa shape index (κ1) is 23.7. The van der Waals surface area contributed by atoms with Gasteiger partial charge in [-0.05, 0) is 48.9 Å². The number of hydrogen-bond acceptors (Lipinski definition) is 7. The van der Waals surface area contributed by atoms with E-state index >= 15 is 0 Å². The van der Waals surface area contributed by atoms with E-state index in [1.807, 2.05) is 6.92 Å². The smallest absolute Gasteiger partial charge is 0.338 e.